The van der Waals surface area contributed by atoms with E-state index >= 15 is 0 Å². The van der Waals surface area contributed by atoms with Gasteiger partial charge in [-0.05, 0) is 37.3 Å². The number of nitrogen functional groups attached to an aromatic ring is 1. The van der Waals surface area contributed by atoms with Gasteiger partial charge in [-0.1, -0.05) is 54.1 Å². The second kappa shape index (κ2) is 9.59. The number of rotatable bonds is 4. The molecule has 0 unspecified atom stereocenters. The quantitative estimate of drug-likeness (QED) is 0.395. The van der Waals surface area contributed by atoms with Crippen LogP contribution in [-0.2, 0) is 6.54 Å². The maximum absolute atomic E-state index is 13.8. The Bertz CT molecular complexity index is 1610. The highest BCUT2D eigenvalue weighted by atomic mass is 16.2. The molecule has 5 aromatic rings. The van der Waals surface area contributed by atoms with Crippen molar-refractivity contribution in [1.82, 2.24) is 24.8 Å². The Hall–Kier alpha value is -4.36. The smallest absolute Gasteiger partial charge is 0.254 e. The zero-order chi connectivity index (χ0) is 25.4. The summed E-state index contributed by atoms with van der Waals surface area (Å²) in [5.41, 5.74) is 11.5. The molecule has 7 heteroatoms. The number of amides is 1. The zero-order valence-corrected chi connectivity index (χ0v) is 20.8. The Morgan fingerprint density at radius 2 is 1.54 bits per heavy atom. The largest absolute Gasteiger partial charge is 0.383 e. The van der Waals surface area contributed by atoms with Crippen molar-refractivity contribution in [2.24, 2.45) is 0 Å². The number of carbonyl (C=O) groups excluding carboxylic acids is 1. The van der Waals surface area contributed by atoms with Gasteiger partial charge in [-0.25, -0.2) is 15.0 Å². The van der Waals surface area contributed by atoms with E-state index in [-0.39, 0.29) is 5.91 Å². The summed E-state index contributed by atoms with van der Waals surface area (Å²) in [6.45, 7) is 5.41. The molecule has 0 bridgehead atoms. The highest BCUT2D eigenvalue weighted by Gasteiger charge is 2.25. The lowest BCUT2D eigenvalue weighted by molar-refractivity contribution is 0.0627. The molecular weight excluding hydrogens is 460 g/mol. The van der Waals surface area contributed by atoms with E-state index in [0.29, 0.717) is 36.8 Å². The van der Waals surface area contributed by atoms with Gasteiger partial charge in [0.2, 0.25) is 0 Å². The van der Waals surface area contributed by atoms with Crippen molar-refractivity contribution in [3.8, 4) is 11.3 Å². The minimum atomic E-state index is 0.0426. The second-order valence-electron chi connectivity index (χ2n) is 9.55. The molecule has 184 valence electrons. The highest BCUT2D eigenvalue weighted by molar-refractivity contribution is 6.07. The van der Waals surface area contributed by atoms with Gasteiger partial charge in [-0.3, -0.25) is 9.69 Å². The maximum atomic E-state index is 13.8. The lowest BCUT2D eigenvalue weighted by Crippen LogP contribution is -2.48. The number of anilines is 1. The van der Waals surface area contributed by atoms with Gasteiger partial charge in [0.1, 0.15) is 11.6 Å². The average molecular weight is 489 g/mol. The number of nitrogens with zero attached hydrogens (tertiary/aromatic N) is 5. The fraction of sp³-hybridized carbons (Fsp3) is 0.200. The van der Waals surface area contributed by atoms with Crippen molar-refractivity contribution >= 4 is 33.5 Å². The number of para-hydroxylation sites is 1. The average Bonchev–Trinajstić information content (AvgIpc) is 2.93. The van der Waals surface area contributed by atoms with Crippen LogP contribution in [0.15, 0.2) is 78.9 Å². The molecule has 3 aromatic carbocycles. The van der Waals surface area contributed by atoms with Crippen LogP contribution >= 0.6 is 0 Å². The van der Waals surface area contributed by atoms with Crippen LogP contribution in [-0.4, -0.2) is 56.8 Å². The van der Waals surface area contributed by atoms with Crippen LogP contribution in [0.3, 0.4) is 0 Å². The molecule has 1 amide bonds. The molecule has 1 aliphatic rings. The summed E-state index contributed by atoms with van der Waals surface area (Å²) in [6, 6.07) is 25.8. The first kappa shape index (κ1) is 23.1. The number of piperazine rings is 1. The molecule has 2 aromatic heterocycles. The third-order valence-electron chi connectivity index (χ3n) is 6.97. The first-order chi connectivity index (χ1) is 18.0. The van der Waals surface area contributed by atoms with Crippen LogP contribution in [0.5, 0.6) is 0 Å². The minimum absolute atomic E-state index is 0.0426. The summed E-state index contributed by atoms with van der Waals surface area (Å²) < 4.78 is 0. The monoisotopic (exact) mass is 488 g/mol. The summed E-state index contributed by atoms with van der Waals surface area (Å²) >= 11 is 0. The Morgan fingerprint density at radius 1 is 0.811 bits per heavy atom. The molecule has 6 rings (SSSR count). The molecule has 1 aliphatic heterocycles. The van der Waals surface area contributed by atoms with Crippen molar-refractivity contribution in [1.29, 1.82) is 0 Å². The van der Waals surface area contributed by atoms with Crippen molar-refractivity contribution in [3.63, 3.8) is 0 Å². The zero-order valence-electron chi connectivity index (χ0n) is 20.8. The van der Waals surface area contributed by atoms with Gasteiger partial charge in [-0.2, -0.15) is 0 Å². The van der Waals surface area contributed by atoms with Crippen LogP contribution in [0.4, 0.5) is 5.82 Å². The Labute approximate surface area is 215 Å². The number of pyridine rings is 1. The van der Waals surface area contributed by atoms with Gasteiger partial charge < -0.3 is 10.6 Å². The van der Waals surface area contributed by atoms with Crippen LogP contribution in [0.1, 0.15) is 21.7 Å². The lowest BCUT2D eigenvalue weighted by Gasteiger charge is -2.34. The third-order valence-corrected chi connectivity index (χ3v) is 6.97. The second-order valence-corrected chi connectivity index (χ2v) is 9.55. The third kappa shape index (κ3) is 4.61. The van der Waals surface area contributed by atoms with Crippen molar-refractivity contribution in [2.45, 2.75) is 13.5 Å². The molecular formula is C30H28N6O. The summed E-state index contributed by atoms with van der Waals surface area (Å²) in [6.07, 6.45) is 0. The maximum Gasteiger partial charge on any atom is 0.254 e. The molecule has 0 aliphatic carbocycles. The first-order valence-corrected chi connectivity index (χ1v) is 12.5. The number of benzene rings is 3. The Balaban J connectivity index is 1.23. The van der Waals surface area contributed by atoms with Crippen LogP contribution in [0.25, 0.3) is 33.1 Å². The lowest BCUT2D eigenvalue weighted by atomic mass is 10.0. The number of hydrogen-bond acceptors (Lipinski definition) is 6. The molecule has 2 N–H and O–H groups in total. The van der Waals surface area contributed by atoms with E-state index in [1.54, 1.807) is 0 Å². The fourth-order valence-corrected chi connectivity index (χ4v) is 4.97. The van der Waals surface area contributed by atoms with E-state index in [9.17, 15) is 4.79 Å². The van der Waals surface area contributed by atoms with E-state index < -0.39 is 0 Å². The standard InChI is InChI=1S/C30H28N6O/c1-20-11-12-26-23(17-20)24(18-27(32-26)21-7-3-2-4-8-21)30(37)36-15-13-35(14-16-36)19-28-33-25-10-6-5-9-22(25)29(31)34-28/h2-12,17-18H,13-16,19H2,1H3,(H2,31,33,34). The molecule has 0 radical (unpaired) electrons. The van der Waals surface area contributed by atoms with Gasteiger partial charge in [0, 0.05) is 42.5 Å². The van der Waals surface area contributed by atoms with Gasteiger partial charge in [0.15, 0.2) is 0 Å². The number of nitrogens with two attached hydrogens (primary N) is 1. The number of aromatic nitrogens is 3. The van der Waals surface area contributed by atoms with Crippen LogP contribution in [0.2, 0.25) is 0 Å². The van der Waals surface area contributed by atoms with E-state index in [2.05, 4.69) is 16.0 Å². The SMILES string of the molecule is Cc1ccc2nc(-c3ccccc3)cc(C(=O)N3CCN(Cc4nc(N)c5ccccc5n4)CC3)c2c1. The van der Waals surface area contributed by atoms with Gasteiger partial charge >= 0.3 is 0 Å². The molecule has 0 spiro atoms. The summed E-state index contributed by atoms with van der Waals surface area (Å²) in [4.78, 5) is 32.1. The minimum Gasteiger partial charge on any atom is -0.383 e. The molecule has 7 nitrogen and oxygen atoms in total. The fourth-order valence-electron chi connectivity index (χ4n) is 4.97. The molecule has 37 heavy (non-hydrogen) atoms. The van der Waals surface area contributed by atoms with E-state index in [0.717, 1.165) is 51.7 Å². The van der Waals surface area contributed by atoms with Crippen molar-refractivity contribution in [3.05, 3.63) is 95.8 Å². The summed E-state index contributed by atoms with van der Waals surface area (Å²) in [7, 11) is 0. The summed E-state index contributed by atoms with van der Waals surface area (Å²) in [5.74, 6) is 1.25. The van der Waals surface area contributed by atoms with Crippen molar-refractivity contribution < 1.29 is 4.79 Å². The van der Waals surface area contributed by atoms with Gasteiger partial charge in [0.05, 0.1) is 28.8 Å². The Kier molecular flexibility index (Phi) is 5.98. The van der Waals surface area contributed by atoms with Gasteiger partial charge in [0.25, 0.3) is 5.91 Å². The predicted molar refractivity (Wildman–Crippen MR) is 147 cm³/mol. The summed E-state index contributed by atoms with van der Waals surface area (Å²) in [5, 5.41) is 1.77. The first-order valence-electron chi connectivity index (χ1n) is 12.5. The van der Waals surface area contributed by atoms with Gasteiger partial charge in [-0.15, -0.1) is 0 Å². The van der Waals surface area contributed by atoms with Crippen LogP contribution in [0, 0.1) is 6.92 Å². The highest BCUT2D eigenvalue weighted by Crippen LogP contribution is 2.27. The van der Waals surface area contributed by atoms with E-state index in [4.69, 9.17) is 15.7 Å². The number of hydrogen-bond donors (Lipinski definition) is 1. The number of aryl methyl sites for hydroxylation is 1. The number of carbonyl (C=O) groups is 1. The molecule has 0 atom stereocenters. The predicted octanol–water partition coefficient (Wildman–Crippen LogP) is 4.69. The Morgan fingerprint density at radius 3 is 2.35 bits per heavy atom. The number of fused-ring (bicyclic) bond motifs is 2. The molecule has 1 fully saturated rings. The van der Waals surface area contributed by atoms with E-state index in [1.165, 1.54) is 0 Å². The van der Waals surface area contributed by atoms with Crippen molar-refractivity contribution in [2.75, 3.05) is 31.9 Å². The van der Waals surface area contributed by atoms with E-state index in [1.807, 2.05) is 84.6 Å². The van der Waals surface area contributed by atoms with Crippen LogP contribution < -0.4 is 5.73 Å². The molecule has 3 heterocycles. The molecule has 1 saturated heterocycles. The molecule has 0 saturated carbocycles. The topological polar surface area (TPSA) is 88.2 Å². The normalized spacial score (nSPS) is 14.4.